The van der Waals surface area contributed by atoms with Gasteiger partial charge >= 0.3 is 0 Å². The zero-order valence-electron chi connectivity index (χ0n) is 11.8. The number of hydrogen-bond acceptors (Lipinski definition) is 3. The molecule has 3 heteroatoms. The van der Waals surface area contributed by atoms with E-state index in [1.54, 1.807) is 0 Å². The largest absolute Gasteiger partial charge is 0.492 e. The second-order valence-corrected chi connectivity index (χ2v) is 4.84. The van der Waals surface area contributed by atoms with Crippen LogP contribution in [0.5, 0.6) is 5.75 Å². The van der Waals surface area contributed by atoms with Crippen LogP contribution in [0.25, 0.3) is 11.1 Å². The Hall–Kier alpha value is -2.31. The molecule has 0 aliphatic carbocycles. The number of para-hydroxylation sites is 1. The number of hydrogen-bond donors (Lipinski definition) is 0. The summed E-state index contributed by atoms with van der Waals surface area (Å²) in [4.78, 5) is 2.09. The van der Waals surface area contributed by atoms with Gasteiger partial charge in [-0.2, -0.15) is 5.26 Å². The quantitative estimate of drug-likeness (QED) is 0.834. The molecule has 0 aromatic heterocycles. The van der Waals surface area contributed by atoms with Gasteiger partial charge in [-0.3, -0.25) is 0 Å². The summed E-state index contributed by atoms with van der Waals surface area (Å²) in [7, 11) is 4.05. The van der Waals surface area contributed by atoms with Gasteiger partial charge in [0.25, 0.3) is 0 Å². The van der Waals surface area contributed by atoms with Crippen LogP contribution in [0.15, 0.2) is 48.5 Å². The predicted octanol–water partition coefficient (Wildman–Crippen LogP) is 3.17. The van der Waals surface area contributed by atoms with E-state index in [1.807, 2.05) is 62.6 Å². The van der Waals surface area contributed by atoms with Gasteiger partial charge in [0.1, 0.15) is 12.4 Å². The molecule has 0 radical (unpaired) electrons. The Morgan fingerprint density at radius 3 is 2.40 bits per heavy atom. The molecule has 0 atom stereocenters. The highest BCUT2D eigenvalue weighted by molar-refractivity contribution is 5.70. The molecule has 0 N–H and O–H groups in total. The monoisotopic (exact) mass is 266 g/mol. The molecule has 2 aromatic carbocycles. The molecule has 0 spiro atoms. The van der Waals surface area contributed by atoms with Crippen LogP contribution in [-0.2, 0) is 0 Å². The van der Waals surface area contributed by atoms with Crippen molar-refractivity contribution < 1.29 is 4.74 Å². The van der Waals surface area contributed by atoms with E-state index in [9.17, 15) is 0 Å². The molecular formula is C17H18N2O. The molecule has 102 valence electrons. The predicted molar refractivity (Wildman–Crippen MR) is 80.6 cm³/mol. The molecule has 0 unspecified atom stereocenters. The maximum Gasteiger partial charge on any atom is 0.127 e. The van der Waals surface area contributed by atoms with E-state index in [4.69, 9.17) is 10.00 Å². The number of rotatable bonds is 5. The zero-order valence-corrected chi connectivity index (χ0v) is 11.8. The van der Waals surface area contributed by atoms with Gasteiger partial charge in [0.05, 0.1) is 11.6 Å². The minimum atomic E-state index is 0.653. The summed E-state index contributed by atoms with van der Waals surface area (Å²) in [6.45, 7) is 1.53. The third kappa shape index (κ3) is 3.59. The molecule has 0 fully saturated rings. The standard InChI is InChI=1S/C17H18N2O/c1-19(2)11-12-20-17-6-4-3-5-16(17)15-9-7-14(13-18)8-10-15/h3-10H,11-12H2,1-2H3. The highest BCUT2D eigenvalue weighted by Crippen LogP contribution is 2.29. The fourth-order valence-corrected chi connectivity index (χ4v) is 1.89. The summed E-state index contributed by atoms with van der Waals surface area (Å²) in [5, 5.41) is 8.84. The smallest absolute Gasteiger partial charge is 0.127 e. The SMILES string of the molecule is CN(C)CCOc1ccccc1-c1ccc(C#N)cc1. The molecule has 0 heterocycles. The third-order valence-corrected chi connectivity index (χ3v) is 3.01. The molecule has 0 amide bonds. The minimum absolute atomic E-state index is 0.653. The second kappa shape index (κ2) is 6.74. The van der Waals surface area contributed by atoms with Crippen molar-refractivity contribution in [2.24, 2.45) is 0 Å². The number of benzene rings is 2. The van der Waals surface area contributed by atoms with Crippen molar-refractivity contribution in [3.05, 3.63) is 54.1 Å². The zero-order chi connectivity index (χ0) is 14.4. The van der Waals surface area contributed by atoms with Gasteiger partial charge in [0.15, 0.2) is 0 Å². The molecule has 0 saturated carbocycles. The number of likely N-dealkylation sites (N-methyl/N-ethyl adjacent to an activating group) is 1. The summed E-state index contributed by atoms with van der Waals surface area (Å²) >= 11 is 0. The molecule has 2 rings (SSSR count). The van der Waals surface area contributed by atoms with Crippen molar-refractivity contribution in [2.45, 2.75) is 0 Å². The van der Waals surface area contributed by atoms with Crippen molar-refractivity contribution >= 4 is 0 Å². The van der Waals surface area contributed by atoms with Crippen molar-refractivity contribution in [1.29, 1.82) is 5.26 Å². The maximum absolute atomic E-state index is 8.84. The number of nitriles is 1. The Labute approximate surface area is 120 Å². The van der Waals surface area contributed by atoms with Crippen molar-refractivity contribution in [3.8, 4) is 22.9 Å². The lowest BCUT2D eigenvalue weighted by atomic mass is 10.0. The van der Waals surface area contributed by atoms with E-state index >= 15 is 0 Å². The first-order valence-electron chi connectivity index (χ1n) is 6.58. The fourth-order valence-electron chi connectivity index (χ4n) is 1.89. The third-order valence-electron chi connectivity index (χ3n) is 3.01. The first kappa shape index (κ1) is 14.1. The van der Waals surface area contributed by atoms with Crippen LogP contribution >= 0.6 is 0 Å². The highest BCUT2D eigenvalue weighted by Gasteiger charge is 2.06. The lowest BCUT2D eigenvalue weighted by Gasteiger charge is -2.14. The molecule has 0 saturated heterocycles. The van der Waals surface area contributed by atoms with Gasteiger partial charge in [0, 0.05) is 12.1 Å². The van der Waals surface area contributed by atoms with Gasteiger partial charge in [-0.1, -0.05) is 30.3 Å². The lowest BCUT2D eigenvalue weighted by Crippen LogP contribution is -2.19. The average Bonchev–Trinajstić information content (AvgIpc) is 2.47. The van der Waals surface area contributed by atoms with Crippen LogP contribution in [0, 0.1) is 11.3 Å². The normalized spacial score (nSPS) is 10.3. The second-order valence-electron chi connectivity index (χ2n) is 4.84. The van der Waals surface area contributed by atoms with Crippen LogP contribution in [0.4, 0.5) is 0 Å². The van der Waals surface area contributed by atoms with E-state index in [0.29, 0.717) is 12.2 Å². The van der Waals surface area contributed by atoms with Crippen LogP contribution in [0.3, 0.4) is 0 Å². The Balaban J connectivity index is 2.20. The summed E-state index contributed by atoms with van der Waals surface area (Å²) in [5.74, 6) is 0.874. The Kier molecular flexibility index (Phi) is 4.75. The topological polar surface area (TPSA) is 36.3 Å². The summed E-state index contributed by atoms with van der Waals surface area (Å²) < 4.78 is 5.85. The summed E-state index contributed by atoms with van der Waals surface area (Å²) in [6, 6.07) is 17.7. The van der Waals surface area contributed by atoms with Gasteiger partial charge in [-0.05, 0) is 37.9 Å². The Bertz CT molecular complexity index is 597. The minimum Gasteiger partial charge on any atom is -0.492 e. The van der Waals surface area contributed by atoms with Gasteiger partial charge in [-0.25, -0.2) is 0 Å². The number of nitrogens with zero attached hydrogens (tertiary/aromatic N) is 2. The van der Waals surface area contributed by atoms with Gasteiger partial charge in [0.2, 0.25) is 0 Å². The van der Waals surface area contributed by atoms with Crippen molar-refractivity contribution in [1.82, 2.24) is 4.90 Å². The van der Waals surface area contributed by atoms with E-state index in [0.717, 1.165) is 23.4 Å². The van der Waals surface area contributed by atoms with E-state index in [2.05, 4.69) is 11.0 Å². The lowest BCUT2D eigenvalue weighted by molar-refractivity contribution is 0.262. The van der Waals surface area contributed by atoms with Crippen molar-refractivity contribution in [3.63, 3.8) is 0 Å². The average molecular weight is 266 g/mol. The van der Waals surface area contributed by atoms with Crippen LogP contribution in [0.2, 0.25) is 0 Å². The maximum atomic E-state index is 8.84. The molecule has 0 aliphatic rings. The Morgan fingerprint density at radius 2 is 1.75 bits per heavy atom. The molecule has 0 bridgehead atoms. The van der Waals surface area contributed by atoms with Crippen molar-refractivity contribution in [2.75, 3.05) is 27.2 Å². The molecular weight excluding hydrogens is 248 g/mol. The molecule has 2 aromatic rings. The summed E-state index contributed by atoms with van der Waals surface area (Å²) in [6.07, 6.45) is 0. The first-order chi connectivity index (χ1) is 9.70. The molecule has 3 nitrogen and oxygen atoms in total. The van der Waals surface area contributed by atoms with Gasteiger partial charge < -0.3 is 9.64 Å². The first-order valence-corrected chi connectivity index (χ1v) is 6.58. The number of ether oxygens (including phenoxy) is 1. The van der Waals surface area contributed by atoms with E-state index < -0.39 is 0 Å². The van der Waals surface area contributed by atoms with Gasteiger partial charge in [-0.15, -0.1) is 0 Å². The Morgan fingerprint density at radius 1 is 1.05 bits per heavy atom. The summed E-state index contributed by atoms with van der Waals surface area (Å²) in [5.41, 5.74) is 2.78. The van der Waals surface area contributed by atoms with Crippen LogP contribution in [-0.4, -0.2) is 32.1 Å². The highest BCUT2D eigenvalue weighted by atomic mass is 16.5. The van der Waals surface area contributed by atoms with Crippen LogP contribution in [0.1, 0.15) is 5.56 Å². The van der Waals surface area contributed by atoms with E-state index in [-0.39, 0.29) is 0 Å². The van der Waals surface area contributed by atoms with E-state index in [1.165, 1.54) is 0 Å². The van der Waals surface area contributed by atoms with Crippen LogP contribution < -0.4 is 4.74 Å². The fraction of sp³-hybridized carbons (Fsp3) is 0.235. The molecule has 20 heavy (non-hydrogen) atoms. The molecule has 0 aliphatic heterocycles.